The van der Waals surface area contributed by atoms with Crippen LogP contribution in [0.1, 0.15) is 12.5 Å². The molecule has 0 bridgehead atoms. The van der Waals surface area contributed by atoms with Gasteiger partial charge in [0.1, 0.15) is 11.5 Å². The molecule has 6 N–H and O–H groups in total. The first-order valence-corrected chi connectivity index (χ1v) is 10.6. The summed E-state index contributed by atoms with van der Waals surface area (Å²) in [5, 5.41) is 6.57. The lowest BCUT2D eigenvalue weighted by Crippen LogP contribution is -2.57. The third kappa shape index (κ3) is 3.74. The van der Waals surface area contributed by atoms with E-state index in [0.29, 0.717) is 11.5 Å². The molecule has 10 heteroatoms. The number of likely N-dealkylation sites (N-methyl/N-ethyl adjacent to an activating group) is 1. The smallest absolute Gasteiger partial charge is 0.323 e. The Hall–Kier alpha value is -3.63. The van der Waals surface area contributed by atoms with E-state index >= 15 is 0 Å². The molecule has 2 aromatic heterocycles. The fourth-order valence-electron chi connectivity index (χ4n) is 4.04. The van der Waals surface area contributed by atoms with E-state index in [1.54, 1.807) is 12.4 Å². The lowest BCUT2D eigenvalue weighted by Gasteiger charge is -2.36. The van der Waals surface area contributed by atoms with Crippen molar-refractivity contribution in [2.24, 2.45) is 10.7 Å². The number of aliphatic imine (C=N–C) groups is 1. The Kier molecular flexibility index (Phi) is 4.95. The number of aromatic nitrogens is 3. The lowest BCUT2D eigenvalue weighted by molar-refractivity contribution is 0.312. The molecule has 2 aliphatic rings. The van der Waals surface area contributed by atoms with E-state index in [1.165, 1.54) is 0 Å². The van der Waals surface area contributed by atoms with Crippen LogP contribution >= 0.6 is 0 Å². The molecule has 5 rings (SSSR count). The number of pyridine rings is 1. The van der Waals surface area contributed by atoms with Gasteiger partial charge in [0.15, 0.2) is 0 Å². The lowest BCUT2D eigenvalue weighted by atomic mass is 9.92. The van der Waals surface area contributed by atoms with Gasteiger partial charge in [-0.05, 0) is 49.4 Å². The summed E-state index contributed by atoms with van der Waals surface area (Å²) in [4.78, 5) is 30.8. The Morgan fingerprint density at radius 2 is 1.88 bits per heavy atom. The number of nitrogens with zero attached hydrogens (tertiary/aromatic N) is 4. The molecule has 1 saturated heterocycles. The highest BCUT2D eigenvalue weighted by molar-refractivity contribution is 5.95. The number of aromatic amines is 2. The van der Waals surface area contributed by atoms with Gasteiger partial charge in [0.25, 0.3) is 0 Å². The highest BCUT2D eigenvalue weighted by atomic mass is 16.1. The Morgan fingerprint density at radius 1 is 1.09 bits per heavy atom. The molecular formula is C22H27N9O. The topological polar surface area (TPSA) is 130 Å². The van der Waals surface area contributed by atoms with Gasteiger partial charge in [-0.2, -0.15) is 0 Å². The number of anilines is 2. The predicted octanol–water partition coefficient (Wildman–Crippen LogP) is 1.09. The zero-order valence-corrected chi connectivity index (χ0v) is 18.1. The second kappa shape index (κ2) is 7.81. The van der Waals surface area contributed by atoms with Gasteiger partial charge in [-0.15, -0.1) is 0 Å². The zero-order valence-electron chi connectivity index (χ0n) is 18.1. The summed E-state index contributed by atoms with van der Waals surface area (Å²) >= 11 is 0. The third-order valence-corrected chi connectivity index (χ3v) is 6.13. The summed E-state index contributed by atoms with van der Waals surface area (Å²) in [6.45, 7) is 5.94. The third-order valence-electron chi connectivity index (χ3n) is 6.13. The largest absolute Gasteiger partial charge is 0.354 e. The molecule has 166 valence electrons. The molecule has 1 unspecified atom stereocenters. The summed E-state index contributed by atoms with van der Waals surface area (Å²) < 4.78 is 0. The van der Waals surface area contributed by atoms with E-state index in [9.17, 15) is 4.79 Å². The van der Waals surface area contributed by atoms with Gasteiger partial charge in [-0.3, -0.25) is 0 Å². The first-order chi connectivity index (χ1) is 15.4. The van der Waals surface area contributed by atoms with E-state index in [2.05, 4.69) is 47.4 Å². The molecule has 0 radical (unpaired) electrons. The van der Waals surface area contributed by atoms with Crippen LogP contribution in [0, 0.1) is 0 Å². The predicted molar refractivity (Wildman–Crippen MR) is 127 cm³/mol. The van der Waals surface area contributed by atoms with Gasteiger partial charge < -0.3 is 36.1 Å². The number of nitrogens with two attached hydrogens (primary N) is 1. The first kappa shape index (κ1) is 20.3. The highest BCUT2D eigenvalue weighted by Gasteiger charge is 2.33. The normalized spacial score (nSPS) is 21.8. The summed E-state index contributed by atoms with van der Waals surface area (Å²) in [6.07, 6.45) is 3.55. The molecule has 1 fully saturated rings. The number of fused-ring (bicyclic) bond motifs is 1. The molecule has 3 aromatic rings. The maximum Gasteiger partial charge on any atom is 0.323 e. The summed E-state index contributed by atoms with van der Waals surface area (Å²) in [6, 6.07) is 9.61. The van der Waals surface area contributed by atoms with Gasteiger partial charge in [-0.25, -0.2) is 14.8 Å². The van der Waals surface area contributed by atoms with Crippen LogP contribution < -0.4 is 27.0 Å². The number of benzene rings is 1. The number of piperazine rings is 1. The Labute approximate surface area is 185 Å². The Morgan fingerprint density at radius 3 is 2.62 bits per heavy atom. The average Bonchev–Trinajstić information content (AvgIpc) is 3.17. The van der Waals surface area contributed by atoms with Crippen molar-refractivity contribution in [2.45, 2.75) is 12.6 Å². The Bertz CT molecular complexity index is 1250. The minimum Gasteiger partial charge on any atom is -0.354 e. The van der Waals surface area contributed by atoms with Crippen molar-refractivity contribution in [1.29, 1.82) is 0 Å². The summed E-state index contributed by atoms with van der Waals surface area (Å²) in [7, 11) is 2.14. The van der Waals surface area contributed by atoms with Crippen LogP contribution in [0.3, 0.4) is 0 Å². The maximum atomic E-state index is 11.6. The van der Waals surface area contributed by atoms with E-state index in [0.717, 1.165) is 54.3 Å². The minimum absolute atomic E-state index is 0.247. The van der Waals surface area contributed by atoms with E-state index in [1.807, 2.05) is 37.3 Å². The molecule has 1 atom stereocenters. The maximum absolute atomic E-state index is 11.6. The van der Waals surface area contributed by atoms with Crippen molar-refractivity contribution >= 4 is 28.5 Å². The van der Waals surface area contributed by atoms with Gasteiger partial charge >= 0.3 is 5.69 Å². The first-order valence-electron chi connectivity index (χ1n) is 10.6. The molecular weight excluding hydrogens is 406 g/mol. The van der Waals surface area contributed by atoms with Crippen LogP contribution in [0.25, 0.3) is 11.0 Å². The fraction of sp³-hybridized carbons (Fsp3) is 0.318. The second-order valence-electron chi connectivity index (χ2n) is 8.38. The molecule has 0 saturated carbocycles. The standard InChI is InChI=1S/C22H27N9O/c1-14-12-25-20(26-16-4-6-19(24-13-16)31-9-7-30(2)8-10-31)29-22(14,23)15-3-5-17-18(11-15)28-21(32)27-17/h3-6,11-13H,7-10,23H2,1-2H3,(H2,25,26,29)(H2,27,28,32). The van der Waals surface area contributed by atoms with Crippen molar-refractivity contribution in [3.8, 4) is 0 Å². The van der Waals surface area contributed by atoms with E-state index in [-0.39, 0.29) is 5.69 Å². The molecule has 10 nitrogen and oxygen atoms in total. The number of rotatable bonds is 3. The van der Waals surface area contributed by atoms with Crippen molar-refractivity contribution in [1.82, 2.24) is 25.2 Å². The molecule has 32 heavy (non-hydrogen) atoms. The fourth-order valence-corrected chi connectivity index (χ4v) is 4.04. The number of hydrogen-bond acceptors (Lipinski definition) is 8. The van der Waals surface area contributed by atoms with Crippen molar-refractivity contribution in [3.05, 3.63) is 64.3 Å². The zero-order chi connectivity index (χ0) is 22.3. The van der Waals surface area contributed by atoms with Gasteiger partial charge in [0.2, 0.25) is 5.96 Å². The molecule has 0 aliphatic carbocycles. The Balaban J connectivity index is 1.33. The van der Waals surface area contributed by atoms with Crippen molar-refractivity contribution in [2.75, 3.05) is 43.4 Å². The minimum atomic E-state index is -0.973. The summed E-state index contributed by atoms with van der Waals surface area (Å²) in [5.41, 5.74) is 9.46. The van der Waals surface area contributed by atoms with E-state index in [4.69, 9.17) is 5.73 Å². The van der Waals surface area contributed by atoms with Gasteiger partial charge in [0, 0.05) is 32.4 Å². The molecule has 4 heterocycles. The van der Waals surface area contributed by atoms with Crippen LogP contribution in [0.5, 0.6) is 0 Å². The summed E-state index contributed by atoms with van der Waals surface area (Å²) in [5.74, 6) is 1.50. The van der Waals surface area contributed by atoms with Gasteiger partial charge in [-0.1, -0.05) is 6.07 Å². The van der Waals surface area contributed by atoms with E-state index < -0.39 is 5.66 Å². The molecule has 0 amide bonds. The SMILES string of the molecule is CC1=CN=C(Nc2ccc(N3CCN(C)CC3)nc2)NC1(N)c1ccc2[nH]c(=O)[nH]c2c1. The quantitative estimate of drug-likeness (QED) is 0.418. The van der Waals surface area contributed by atoms with Crippen LogP contribution in [0.2, 0.25) is 0 Å². The number of imidazole rings is 1. The molecule has 0 spiro atoms. The number of guanidine groups is 1. The number of H-pyrrole nitrogens is 2. The van der Waals surface area contributed by atoms with Gasteiger partial charge in [0.05, 0.1) is 22.9 Å². The number of nitrogens with one attached hydrogen (secondary N) is 4. The monoisotopic (exact) mass is 433 g/mol. The van der Waals surface area contributed by atoms with Crippen LogP contribution in [-0.4, -0.2) is 59.0 Å². The average molecular weight is 434 g/mol. The molecule has 1 aromatic carbocycles. The van der Waals surface area contributed by atoms with Crippen LogP contribution in [0.4, 0.5) is 11.5 Å². The highest BCUT2D eigenvalue weighted by Crippen LogP contribution is 2.28. The van der Waals surface area contributed by atoms with Crippen LogP contribution in [-0.2, 0) is 5.66 Å². The van der Waals surface area contributed by atoms with Crippen molar-refractivity contribution < 1.29 is 0 Å². The second-order valence-corrected chi connectivity index (χ2v) is 8.38. The van der Waals surface area contributed by atoms with Crippen molar-refractivity contribution in [3.63, 3.8) is 0 Å². The van der Waals surface area contributed by atoms with Crippen LogP contribution in [0.15, 0.2) is 58.1 Å². The molecule has 2 aliphatic heterocycles. The number of hydrogen-bond donors (Lipinski definition) is 5.